The van der Waals surface area contributed by atoms with Crippen LogP contribution in [-0.4, -0.2) is 59.1 Å². The van der Waals surface area contributed by atoms with E-state index >= 15 is 0 Å². The van der Waals surface area contributed by atoms with Gasteiger partial charge in [0.1, 0.15) is 12.1 Å². The third kappa shape index (κ3) is 3.93. The summed E-state index contributed by atoms with van der Waals surface area (Å²) in [5, 5.41) is 11.5. The highest BCUT2D eigenvalue weighted by atomic mass is 16.5. The van der Waals surface area contributed by atoms with Gasteiger partial charge >= 0.3 is 5.97 Å². The van der Waals surface area contributed by atoms with Crippen molar-refractivity contribution in [2.45, 2.75) is 57.3 Å². The fraction of sp³-hybridized carbons (Fsp3) is 0.786. The van der Waals surface area contributed by atoms with Crippen molar-refractivity contribution < 1.29 is 24.2 Å². The minimum atomic E-state index is -1.05. The van der Waals surface area contributed by atoms with Crippen LogP contribution in [0.5, 0.6) is 0 Å². The van der Waals surface area contributed by atoms with Gasteiger partial charge in [0.05, 0.1) is 0 Å². The molecule has 3 atom stereocenters. The van der Waals surface area contributed by atoms with Gasteiger partial charge in [-0.25, -0.2) is 4.79 Å². The van der Waals surface area contributed by atoms with Crippen LogP contribution in [0.15, 0.2) is 0 Å². The standard InChI is InChI=1S/C14H22N2O5/c1-9(13(18)16-7-3-2-4-8-16)15-12(17)10-5-6-11(21-10)14(19)20/h9-11H,2-8H2,1H3,(H,15,17)(H,19,20). The number of amides is 2. The molecule has 7 nitrogen and oxygen atoms in total. The van der Waals surface area contributed by atoms with Crippen molar-refractivity contribution in [1.29, 1.82) is 0 Å². The molecular weight excluding hydrogens is 276 g/mol. The van der Waals surface area contributed by atoms with Crippen LogP contribution in [0.25, 0.3) is 0 Å². The van der Waals surface area contributed by atoms with Crippen LogP contribution in [0.3, 0.4) is 0 Å². The number of ether oxygens (including phenoxy) is 1. The molecule has 7 heteroatoms. The summed E-state index contributed by atoms with van der Waals surface area (Å²) in [5.74, 6) is -1.55. The van der Waals surface area contributed by atoms with Crippen LogP contribution >= 0.6 is 0 Å². The molecule has 2 amide bonds. The maximum Gasteiger partial charge on any atom is 0.332 e. The van der Waals surface area contributed by atoms with Crippen molar-refractivity contribution in [3.8, 4) is 0 Å². The van der Waals surface area contributed by atoms with E-state index in [4.69, 9.17) is 9.84 Å². The lowest BCUT2D eigenvalue weighted by Gasteiger charge is -2.29. The first-order chi connectivity index (χ1) is 9.99. The Labute approximate surface area is 123 Å². The van der Waals surface area contributed by atoms with Gasteiger partial charge < -0.3 is 20.1 Å². The highest BCUT2D eigenvalue weighted by molar-refractivity contribution is 5.89. The molecule has 2 N–H and O–H groups in total. The molecule has 0 aromatic rings. The Balaban J connectivity index is 1.81. The molecule has 0 aromatic carbocycles. The van der Waals surface area contributed by atoms with E-state index < -0.39 is 30.1 Å². The fourth-order valence-corrected chi connectivity index (χ4v) is 2.77. The Morgan fingerprint density at radius 1 is 1.14 bits per heavy atom. The molecule has 21 heavy (non-hydrogen) atoms. The lowest BCUT2D eigenvalue weighted by Crippen LogP contribution is -2.50. The number of carbonyl (C=O) groups is 3. The molecule has 0 saturated carbocycles. The molecule has 2 rings (SSSR count). The number of carbonyl (C=O) groups excluding carboxylic acids is 2. The number of carboxylic acids is 1. The van der Waals surface area contributed by atoms with Crippen LogP contribution in [-0.2, 0) is 19.1 Å². The van der Waals surface area contributed by atoms with E-state index in [2.05, 4.69) is 5.32 Å². The second-order valence-corrected chi connectivity index (χ2v) is 5.65. The van der Waals surface area contributed by atoms with E-state index in [1.165, 1.54) is 0 Å². The molecule has 0 radical (unpaired) electrons. The SMILES string of the molecule is CC(NC(=O)C1CCC(C(=O)O)O1)C(=O)N1CCCCC1. The van der Waals surface area contributed by atoms with Crippen LogP contribution in [0.1, 0.15) is 39.0 Å². The van der Waals surface area contributed by atoms with E-state index in [0.29, 0.717) is 12.8 Å². The van der Waals surface area contributed by atoms with Crippen LogP contribution in [0, 0.1) is 0 Å². The molecule has 2 fully saturated rings. The smallest absolute Gasteiger partial charge is 0.332 e. The number of aliphatic carboxylic acids is 1. The molecular formula is C14H22N2O5. The normalized spacial score (nSPS) is 27.2. The van der Waals surface area contributed by atoms with Gasteiger partial charge in [-0.2, -0.15) is 0 Å². The van der Waals surface area contributed by atoms with Gasteiger partial charge in [-0.15, -0.1) is 0 Å². The van der Waals surface area contributed by atoms with E-state index in [-0.39, 0.29) is 5.91 Å². The summed E-state index contributed by atoms with van der Waals surface area (Å²) >= 11 is 0. The van der Waals surface area contributed by atoms with E-state index in [9.17, 15) is 14.4 Å². The molecule has 118 valence electrons. The number of piperidine rings is 1. The summed E-state index contributed by atoms with van der Waals surface area (Å²) in [6.07, 6.45) is 2.12. The summed E-state index contributed by atoms with van der Waals surface area (Å²) in [6, 6.07) is -0.608. The summed E-state index contributed by atoms with van der Waals surface area (Å²) < 4.78 is 5.17. The first-order valence-electron chi connectivity index (χ1n) is 7.46. The van der Waals surface area contributed by atoms with Crippen LogP contribution in [0.4, 0.5) is 0 Å². The summed E-state index contributed by atoms with van der Waals surface area (Å²) in [4.78, 5) is 36.8. The highest BCUT2D eigenvalue weighted by Gasteiger charge is 2.36. The zero-order chi connectivity index (χ0) is 15.4. The lowest BCUT2D eigenvalue weighted by molar-refractivity contribution is -0.152. The Morgan fingerprint density at radius 3 is 2.33 bits per heavy atom. The molecule has 0 spiro atoms. The van der Waals surface area contributed by atoms with Gasteiger partial charge in [0, 0.05) is 13.1 Å². The number of nitrogens with one attached hydrogen (secondary N) is 1. The van der Waals surface area contributed by atoms with Gasteiger partial charge in [0.2, 0.25) is 11.8 Å². The van der Waals surface area contributed by atoms with Crippen LogP contribution in [0.2, 0.25) is 0 Å². The van der Waals surface area contributed by atoms with Gasteiger partial charge in [0.15, 0.2) is 6.10 Å². The number of rotatable bonds is 4. The third-order valence-electron chi connectivity index (χ3n) is 3.98. The predicted molar refractivity (Wildman–Crippen MR) is 73.6 cm³/mol. The first-order valence-corrected chi connectivity index (χ1v) is 7.46. The van der Waals surface area contributed by atoms with Gasteiger partial charge in [0.25, 0.3) is 0 Å². The predicted octanol–water partition coefficient (Wildman–Crippen LogP) is 0.136. The highest BCUT2D eigenvalue weighted by Crippen LogP contribution is 2.20. The largest absolute Gasteiger partial charge is 0.479 e. The van der Waals surface area contributed by atoms with Gasteiger partial charge in [-0.1, -0.05) is 0 Å². The van der Waals surface area contributed by atoms with Gasteiger partial charge in [-0.3, -0.25) is 9.59 Å². The van der Waals surface area contributed by atoms with E-state index in [0.717, 1.165) is 32.4 Å². The average Bonchev–Trinajstić information content (AvgIpc) is 2.97. The van der Waals surface area contributed by atoms with Crippen molar-refractivity contribution in [2.75, 3.05) is 13.1 Å². The molecule has 2 saturated heterocycles. The lowest BCUT2D eigenvalue weighted by atomic mass is 10.1. The number of nitrogens with zero attached hydrogens (tertiary/aromatic N) is 1. The topological polar surface area (TPSA) is 95.9 Å². The summed E-state index contributed by atoms with van der Waals surface area (Å²) in [5.41, 5.74) is 0. The van der Waals surface area contributed by atoms with Gasteiger partial charge in [-0.05, 0) is 39.0 Å². The zero-order valence-electron chi connectivity index (χ0n) is 12.2. The molecule has 2 aliphatic rings. The minimum absolute atomic E-state index is 0.0872. The fourth-order valence-electron chi connectivity index (χ4n) is 2.77. The summed E-state index contributed by atoms with van der Waals surface area (Å²) in [7, 11) is 0. The monoisotopic (exact) mass is 298 g/mol. The van der Waals surface area contributed by atoms with Crippen molar-refractivity contribution in [3.63, 3.8) is 0 Å². The average molecular weight is 298 g/mol. The number of hydrogen-bond donors (Lipinski definition) is 2. The van der Waals surface area contributed by atoms with Crippen molar-refractivity contribution in [2.24, 2.45) is 0 Å². The van der Waals surface area contributed by atoms with Crippen LogP contribution < -0.4 is 5.32 Å². The summed E-state index contributed by atoms with van der Waals surface area (Å²) in [6.45, 7) is 3.12. The minimum Gasteiger partial charge on any atom is -0.479 e. The maximum absolute atomic E-state index is 12.2. The quantitative estimate of drug-likeness (QED) is 0.769. The zero-order valence-corrected chi connectivity index (χ0v) is 12.2. The number of hydrogen-bond acceptors (Lipinski definition) is 4. The molecule has 0 bridgehead atoms. The third-order valence-corrected chi connectivity index (χ3v) is 3.98. The number of carboxylic acid groups (broad SMARTS) is 1. The maximum atomic E-state index is 12.2. The van der Waals surface area contributed by atoms with E-state index in [1.54, 1.807) is 11.8 Å². The molecule has 3 unspecified atom stereocenters. The van der Waals surface area contributed by atoms with Crippen molar-refractivity contribution >= 4 is 17.8 Å². The van der Waals surface area contributed by atoms with E-state index in [1.807, 2.05) is 0 Å². The Hall–Kier alpha value is -1.63. The second kappa shape index (κ2) is 6.89. The molecule has 0 aliphatic carbocycles. The molecule has 2 aliphatic heterocycles. The Bertz CT molecular complexity index is 420. The number of likely N-dealkylation sites (tertiary alicyclic amines) is 1. The molecule has 0 aromatic heterocycles. The van der Waals surface area contributed by atoms with Crippen molar-refractivity contribution in [1.82, 2.24) is 10.2 Å². The van der Waals surface area contributed by atoms with Crippen molar-refractivity contribution in [3.05, 3.63) is 0 Å². The Kier molecular flexibility index (Phi) is 5.17. The first kappa shape index (κ1) is 15.8. The Morgan fingerprint density at radius 2 is 1.76 bits per heavy atom. The molecule has 2 heterocycles. The second-order valence-electron chi connectivity index (χ2n) is 5.65.